The normalized spacial score (nSPS) is 17.3. The Bertz CT molecular complexity index is 607. The predicted molar refractivity (Wildman–Crippen MR) is 90.3 cm³/mol. The zero-order chi connectivity index (χ0) is 17.7. The Hall–Kier alpha value is -1.92. The molecule has 132 valence electrons. The van der Waals surface area contributed by atoms with Crippen LogP contribution in [0.15, 0.2) is 18.2 Å². The molecule has 0 radical (unpaired) electrons. The van der Waals surface area contributed by atoms with E-state index < -0.39 is 11.5 Å². The summed E-state index contributed by atoms with van der Waals surface area (Å²) in [6.45, 7) is 5.11. The van der Waals surface area contributed by atoms with E-state index in [1.807, 2.05) is 32.0 Å². The highest BCUT2D eigenvalue weighted by Crippen LogP contribution is 2.24. The van der Waals surface area contributed by atoms with Crippen molar-refractivity contribution in [2.75, 3.05) is 27.3 Å². The van der Waals surface area contributed by atoms with Gasteiger partial charge in [-0.15, -0.1) is 0 Å². The summed E-state index contributed by atoms with van der Waals surface area (Å²) < 4.78 is 4.94. The van der Waals surface area contributed by atoms with Crippen LogP contribution in [0.5, 0.6) is 0 Å². The first-order valence-corrected chi connectivity index (χ1v) is 8.15. The highest BCUT2D eigenvalue weighted by molar-refractivity contribution is 5.89. The Labute approximate surface area is 143 Å². The van der Waals surface area contributed by atoms with Crippen LogP contribution in [0.4, 0.5) is 0 Å². The summed E-state index contributed by atoms with van der Waals surface area (Å²) in [5.74, 6) is -0.562. The quantitative estimate of drug-likeness (QED) is 0.827. The number of hydrogen-bond donors (Lipinski definition) is 1. The molecule has 1 aromatic carbocycles. The van der Waals surface area contributed by atoms with Gasteiger partial charge in [0.1, 0.15) is 5.54 Å². The van der Waals surface area contributed by atoms with Gasteiger partial charge in [-0.05, 0) is 37.8 Å². The maximum atomic E-state index is 12.6. The molecule has 0 aliphatic carbocycles. The first kappa shape index (κ1) is 18.4. The Balaban J connectivity index is 2.10. The molecule has 1 amide bonds. The molecule has 0 bridgehead atoms. The third-order valence-corrected chi connectivity index (χ3v) is 4.64. The molecule has 0 aromatic heterocycles. The standard InChI is InChI=1S/C18H26N2O4/c1-13-5-6-14(2)15(11-13)12-16(21)19-18(17(22)23-3)7-9-20(24-4)10-8-18/h5-6,11H,7-10,12H2,1-4H3,(H,19,21). The van der Waals surface area contributed by atoms with Crippen molar-refractivity contribution in [1.29, 1.82) is 0 Å². The molecular formula is C18H26N2O4. The molecule has 0 saturated carbocycles. The average Bonchev–Trinajstić information content (AvgIpc) is 2.58. The van der Waals surface area contributed by atoms with Crippen molar-refractivity contribution in [3.8, 4) is 0 Å². The predicted octanol–water partition coefficient (Wildman–Crippen LogP) is 1.53. The fourth-order valence-electron chi connectivity index (χ4n) is 3.10. The summed E-state index contributed by atoms with van der Waals surface area (Å²) in [7, 11) is 2.95. The van der Waals surface area contributed by atoms with Crippen molar-refractivity contribution < 1.29 is 19.2 Å². The smallest absolute Gasteiger partial charge is 0.331 e. The van der Waals surface area contributed by atoms with Crippen molar-refractivity contribution in [2.24, 2.45) is 0 Å². The molecule has 0 spiro atoms. The number of esters is 1. The third-order valence-electron chi connectivity index (χ3n) is 4.64. The number of aryl methyl sites for hydroxylation is 2. The number of hydroxylamine groups is 2. The number of ether oxygens (including phenoxy) is 1. The van der Waals surface area contributed by atoms with E-state index in [1.165, 1.54) is 7.11 Å². The van der Waals surface area contributed by atoms with Gasteiger partial charge >= 0.3 is 5.97 Å². The van der Waals surface area contributed by atoms with E-state index in [0.717, 1.165) is 16.7 Å². The van der Waals surface area contributed by atoms with E-state index in [1.54, 1.807) is 12.2 Å². The minimum absolute atomic E-state index is 0.167. The van der Waals surface area contributed by atoms with Crippen LogP contribution in [-0.2, 0) is 25.6 Å². The number of carbonyl (C=O) groups excluding carboxylic acids is 2. The van der Waals surface area contributed by atoms with Crippen LogP contribution in [0.1, 0.15) is 29.5 Å². The average molecular weight is 334 g/mol. The molecule has 1 aliphatic rings. The molecule has 6 nitrogen and oxygen atoms in total. The largest absolute Gasteiger partial charge is 0.467 e. The Kier molecular flexibility index (Phi) is 5.96. The highest BCUT2D eigenvalue weighted by atomic mass is 16.7. The minimum Gasteiger partial charge on any atom is -0.467 e. The topological polar surface area (TPSA) is 67.9 Å². The molecule has 1 N–H and O–H groups in total. The van der Waals surface area contributed by atoms with Gasteiger partial charge in [-0.3, -0.25) is 4.79 Å². The van der Waals surface area contributed by atoms with Crippen molar-refractivity contribution in [2.45, 2.75) is 38.6 Å². The van der Waals surface area contributed by atoms with E-state index in [9.17, 15) is 9.59 Å². The van der Waals surface area contributed by atoms with E-state index in [-0.39, 0.29) is 12.3 Å². The lowest BCUT2D eigenvalue weighted by molar-refractivity contribution is -0.171. The number of amides is 1. The zero-order valence-corrected chi connectivity index (χ0v) is 14.8. The van der Waals surface area contributed by atoms with Crippen molar-refractivity contribution >= 4 is 11.9 Å². The van der Waals surface area contributed by atoms with Gasteiger partial charge in [0, 0.05) is 13.1 Å². The first-order valence-electron chi connectivity index (χ1n) is 8.15. The van der Waals surface area contributed by atoms with E-state index in [2.05, 4.69) is 5.32 Å². The van der Waals surface area contributed by atoms with Crippen LogP contribution in [0, 0.1) is 13.8 Å². The van der Waals surface area contributed by atoms with Gasteiger partial charge in [0.2, 0.25) is 5.91 Å². The summed E-state index contributed by atoms with van der Waals surface area (Å²) in [5.41, 5.74) is 2.18. The molecule has 24 heavy (non-hydrogen) atoms. The van der Waals surface area contributed by atoms with Gasteiger partial charge in [0.05, 0.1) is 20.6 Å². The zero-order valence-electron chi connectivity index (χ0n) is 14.8. The molecular weight excluding hydrogens is 308 g/mol. The third kappa shape index (κ3) is 4.13. The van der Waals surface area contributed by atoms with Gasteiger partial charge in [0.15, 0.2) is 0 Å². The fourth-order valence-corrected chi connectivity index (χ4v) is 3.10. The summed E-state index contributed by atoms with van der Waals surface area (Å²) in [5, 5.41) is 4.70. The second kappa shape index (κ2) is 7.77. The Morgan fingerprint density at radius 1 is 1.21 bits per heavy atom. The Morgan fingerprint density at radius 2 is 1.88 bits per heavy atom. The lowest BCUT2D eigenvalue weighted by Gasteiger charge is -2.39. The van der Waals surface area contributed by atoms with Crippen molar-refractivity contribution in [3.05, 3.63) is 34.9 Å². The summed E-state index contributed by atoms with van der Waals surface area (Å²) in [6.07, 6.45) is 1.18. The van der Waals surface area contributed by atoms with Crippen LogP contribution in [-0.4, -0.2) is 49.8 Å². The molecule has 1 aliphatic heterocycles. The van der Waals surface area contributed by atoms with Gasteiger partial charge in [-0.25, -0.2) is 4.79 Å². The molecule has 1 saturated heterocycles. The summed E-state index contributed by atoms with van der Waals surface area (Å²) in [6, 6.07) is 6.03. The molecule has 0 atom stereocenters. The van der Waals surface area contributed by atoms with E-state index in [4.69, 9.17) is 9.57 Å². The molecule has 1 aromatic rings. The highest BCUT2D eigenvalue weighted by Gasteiger charge is 2.43. The van der Waals surface area contributed by atoms with Gasteiger partial charge in [-0.1, -0.05) is 23.8 Å². The molecule has 2 rings (SSSR count). The fraction of sp³-hybridized carbons (Fsp3) is 0.556. The van der Waals surface area contributed by atoms with Crippen molar-refractivity contribution in [1.82, 2.24) is 10.4 Å². The maximum Gasteiger partial charge on any atom is 0.331 e. The van der Waals surface area contributed by atoms with Crippen LogP contribution >= 0.6 is 0 Å². The van der Waals surface area contributed by atoms with Crippen LogP contribution in [0.25, 0.3) is 0 Å². The molecule has 6 heteroatoms. The maximum absolute atomic E-state index is 12.6. The van der Waals surface area contributed by atoms with Crippen LogP contribution in [0.2, 0.25) is 0 Å². The number of methoxy groups -OCH3 is 1. The number of nitrogens with one attached hydrogen (secondary N) is 1. The van der Waals surface area contributed by atoms with Gasteiger partial charge < -0.3 is 14.9 Å². The SMILES string of the molecule is COC(=O)C1(NC(=O)Cc2cc(C)ccc2C)CCN(OC)CC1. The van der Waals surface area contributed by atoms with Crippen molar-refractivity contribution in [3.63, 3.8) is 0 Å². The number of benzene rings is 1. The number of piperidine rings is 1. The molecule has 1 heterocycles. The van der Waals surface area contributed by atoms with E-state index in [0.29, 0.717) is 25.9 Å². The molecule has 0 unspecified atom stereocenters. The van der Waals surface area contributed by atoms with Crippen LogP contribution in [0.3, 0.4) is 0 Å². The van der Waals surface area contributed by atoms with E-state index >= 15 is 0 Å². The monoisotopic (exact) mass is 334 g/mol. The first-order chi connectivity index (χ1) is 11.4. The lowest BCUT2D eigenvalue weighted by Crippen LogP contribution is -2.60. The summed E-state index contributed by atoms with van der Waals surface area (Å²) in [4.78, 5) is 30.0. The second-order valence-corrected chi connectivity index (χ2v) is 6.34. The number of rotatable bonds is 5. The second-order valence-electron chi connectivity index (χ2n) is 6.34. The minimum atomic E-state index is -0.974. The number of nitrogens with zero attached hydrogens (tertiary/aromatic N) is 1. The lowest BCUT2D eigenvalue weighted by atomic mass is 9.87. The van der Waals surface area contributed by atoms with Crippen LogP contribution < -0.4 is 5.32 Å². The molecule has 1 fully saturated rings. The Morgan fingerprint density at radius 3 is 2.46 bits per heavy atom. The number of carbonyl (C=O) groups is 2. The number of hydrogen-bond acceptors (Lipinski definition) is 5. The summed E-state index contributed by atoms with van der Waals surface area (Å²) >= 11 is 0. The van der Waals surface area contributed by atoms with Gasteiger partial charge in [0.25, 0.3) is 0 Å². The van der Waals surface area contributed by atoms with Gasteiger partial charge in [-0.2, -0.15) is 5.06 Å².